The maximum Gasteiger partial charge on any atom is 0.257 e. The van der Waals surface area contributed by atoms with E-state index in [1.54, 1.807) is 0 Å². The number of ether oxygens (including phenoxy) is 1. The Morgan fingerprint density at radius 1 is 1.43 bits per heavy atom. The summed E-state index contributed by atoms with van der Waals surface area (Å²) >= 11 is 0. The number of piperidine rings is 1. The second kappa shape index (κ2) is 8.79. The third kappa shape index (κ3) is 5.85. The molecule has 0 radical (unpaired) electrons. The van der Waals surface area contributed by atoms with Crippen LogP contribution in [0, 0.1) is 17.6 Å². The molecule has 1 heterocycles. The van der Waals surface area contributed by atoms with Crippen molar-refractivity contribution >= 4 is 18.3 Å². The topological polar surface area (TPSA) is 50.4 Å². The van der Waals surface area contributed by atoms with Crippen molar-refractivity contribution in [3.63, 3.8) is 0 Å². The Kier molecular flexibility index (Phi) is 7.39. The average molecular weight is 321 g/mol. The number of carbonyl (C=O) groups is 1. The number of carbonyl (C=O) groups excluding carboxylic acids is 1. The molecule has 7 heteroatoms. The number of nitrogens with one attached hydrogen (secondary N) is 2. The van der Waals surface area contributed by atoms with Crippen LogP contribution in [0.1, 0.15) is 12.8 Å². The summed E-state index contributed by atoms with van der Waals surface area (Å²) in [5.41, 5.74) is 0. The monoisotopic (exact) mass is 320 g/mol. The molecule has 0 aromatic heterocycles. The molecular weight excluding hydrogens is 302 g/mol. The van der Waals surface area contributed by atoms with Gasteiger partial charge in [-0.05, 0) is 44.0 Å². The number of amides is 1. The lowest BCUT2D eigenvalue weighted by atomic mass is 10.00. The molecule has 0 spiro atoms. The minimum absolute atomic E-state index is 0. The van der Waals surface area contributed by atoms with Gasteiger partial charge < -0.3 is 15.4 Å². The number of hydrogen-bond donors (Lipinski definition) is 2. The first-order valence-corrected chi connectivity index (χ1v) is 6.70. The highest BCUT2D eigenvalue weighted by Crippen LogP contribution is 2.17. The van der Waals surface area contributed by atoms with Crippen molar-refractivity contribution in [2.24, 2.45) is 5.92 Å². The fourth-order valence-corrected chi connectivity index (χ4v) is 2.14. The number of rotatable bonds is 5. The van der Waals surface area contributed by atoms with Crippen LogP contribution in [0.2, 0.25) is 0 Å². The van der Waals surface area contributed by atoms with E-state index in [2.05, 4.69) is 10.6 Å². The molecule has 1 fully saturated rings. The van der Waals surface area contributed by atoms with Crippen LogP contribution in [0.3, 0.4) is 0 Å². The van der Waals surface area contributed by atoms with E-state index in [0.717, 1.165) is 38.1 Å². The van der Waals surface area contributed by atoms with Gasteiger partial charge in [-0.3, -0.25) is 4.79 Å². The molecule has 4 nitrogen and oxygen atoms in total. The number of halogens is 3. The summed E-state index contributed by atoms with van der Waals surface area (Å²) in [6, 6.07) is 2.98. The van der Waals surface area contributed by atoms with Gasteiger partial charge in [0.25, 0.3) is 5.91 Å². The summed E-state index contributed by atoms with van der Waals surface area (Å²) in [5.74, 6) is -1.49. The minimum Gasteiger partial charge on any atom is -0.481 e. The van der Waals surface area contributed by atoms with Crippen molar-refractivity contribution in [2.45, 2.75) is 12.8 Å². The van der Waals surface area contributed by atoms with E-state index in [-0.39, 0.29) is 30.7 Å². The third-order valence-electron chi connectivity index (χ3n) is 3.24. The number of hydrogen-bond acceptors (Lipinski definition) is 3. The largest absolute Gasteiger partial charge is 0.481 e. The molecule has 1 unspecified atom stereocenters. The molecule has 1 aliphatic heterocycles. The van der Waals surface area contributed by atoms with E-state index in [9.17, 15) is 13.6 Å². The first kappa shape index (κ1) is 17.7. The van der Waals surface area contributed by atoms with Crippen molar-refractivity contribution < 1.29 is 18.3 Å². The third-order valence-corrected chi connectivity index (χ3v) is 3.24. The molecule has 1 aromatic carbocycles. The van der Waals surface area contributed by atoms with Crippen LogP contribution in [0.15, 0.2) is 18.2 Å². The standard InChI is InChI=1S/C14H18F2N2O2.ClH/c15-11-3-4-13(12(16)6-11)20-9-14(19)18-8-10-2-1-5-17-7-10;/h3-4,6,10,17H,1-2,5,7-9H2,(H,18,19);1H. The van der Waals surface area contributed by atoms with E-state index < -0.39 is 11.6 Å². The van der Waals surface area contributed by atoms with Crippen LogP contribution in [-0.2, 0) is 4.79 Å². The molecule has 1 saturated heterocycles. The normalized spacial score (nSPS) is 17.7. The van der Waals surface area contributed by atoms with Crippen molar-refractivity contribution in [1.29, 1.82) is 0 Å². The average Bonchev–Trinajstić information content (AvgIpc) is 2.45. The Morgan fingerprint density at radius 3 is 2.90 bits per heavy atom. The summed E-state index contributed by atoms with van der Waals surface area (Å²) in [6.45, 7) is 2.23. The molecular formula is C14H19ClF2N2O2. The lowest BCUT2D eigenvalue weighted by molar-refractivity contribution is -0.123. The van der Waals surface area contributed by atoms with Crippen molar-refractivity contribution in [1.82, 2.24) is 10.6 Å². The summed E-state index contributed by atoms with van der Waals surface area (Å²) in [4.78, 5) is 11.6. The molecule has 0 bridgehead atoms. The first-order valence-electron chi connectivity index (χ1n) is 6.70. The highest BCUT2D eigenvalue weighted by Gasteiger charge is 2.14. The Balaban J connectivity index is 0.00000220. The van der Waals surface area contributed by atoms with E-state index >= 15 is 0 Å². The van der Waals surface area contributed by atoms with Gasteiger partial charge in [-0.1, -0.05) is 0 Å². The Hall–Kier alpha value is -1.40. The minimum atomic E-state index is -0.811. The molecule has 2 N–H and O–H groups in total. The highest BCUT2D eigenvalue weighted by atomic mass is 35.5. The van der Waals surface area contributed by atoms with Crippen LogP contribution >= 0.6 is 12.4 Å². The van der Waals surface area contributed by atoms with Gasteiger partial charge in [0.2, 0.25) is 0 Å². The zero-order valence-corrected chi connectivity index (χ0v) is 12.3. The molecule has 0 saturated carbocycles. The predicted molar refractivity (Wildman–Crippen MR) is 77.7 cm³/mol. The zero-order chi connectivity index (χ0) is 14.4. The summed E-state index contributed by atoms with van der Waals surface area (Å²) in [5, 5.41) is 6.01. The van der Waals surface area contributed by atoms with Crippen molar-refractivity contribution in [3.8, 4) is 5.75 Å². The fraction of sp³-hybridized carbons (Fsp3) is 0.500. The summed E-state index contributed by atoms with van der Waals surface area (Å²) < 4.78 is 31.0. The van der Waals surface area contributed by atoms with Gasteiger partial charge in [0.15, 0.2) is 18.2 Å². The molecule has 21 heavy (non-hydrogen) atoms. The SMILES string of the molecule is Cl.O=C(COc1ccc(F)cc1F)NCC1CCCNC1. The smallest absolute Gasteiger partial charge is 0.257 e. The van der Waals surface area contributed by atoms with Gasteiger partial charge in [-0.25, -0.2) is 8.78 Å². The van der Waals surface area contributed by atoms with Gasteiger partial charge in [0, 0.05) is 12.6 Å². The summed E-state index contributed by atoms with van der Waals surface area (Å²) in [6.07, 6.45) is 2.19. The van der Waals surface area contributed by atoms with Gasteiger partial charge in [0.05, 0.1) is 0 Å². The van der Waals surface area contributed by atoms with E-state index in [1.807, 2.05) is 0 Å². The van der Waals surface area contributed by atoms with Crippen LogP contribution in [0.5, 0.6) is 5.75 Å². The molecule has 1 aliphatic rings. The molecule has 0 aliphatic carbocycles. The maximum atomic E-state index is 13.3. The van der Waals surface area contributed by atoms with Gasteiger partial charge in [-0.15, -0.1) is 12.4 Å². The first-order chi connectivity index (χ1) is 9.65. The van der Waals surface area contributed by atoms with Gasteiger partial charge in [0.1, 0.15) is 5.82 Å². The Labute approximate surface area is 128 Å². The van der Waals surface area contributed by atoms with Gasteiger partial charge in [-0.2, -0.15) is 0 Å². The van der Waals surface area contributed by atoms with Crippen LogP contribution in [0.25, 0.3) is 0 Å². The van der Waals surface area contributed by atoms with E-state index in [1.165, 1.54) is 6.07 Å². The number of benzene rings is 1. The van der Waals surface area contributed by atoms with Crippen LogP contribution in [-0.4, -0.2) is 32.1 Å². The maximum absolute atomic E-state index is 13.3. The second-order valence-electron chi connectivity index (χ2n) is 4.88. The van der Waals surface area contributed by atoms with Crippen LogP contribution < -0.4 is 15.4 Å². The van der Waals surface area contributed by atoms with E-state index in [0.29, 0.717) is 12.5 Å². The highest BCUT2D eigenvalue weighted by molar-refractivity contribution is 5.85. The Bertz CT molecular complexity index is 468. The van der Waals surface area contributed by atoms with Crippen molar-refractivity contribution in [3.05, 3.63) is 29.8 Å². The lowest BCUT2D eigenvalue weighted by Gasteiger charge is -2.22. The quantitative estimate of drug-likeness (QED) is 0.871. The van der Waals surface area contributed by atoms with Gasteiger partial charge >= 0.3 is 0 Å². The van der Waals surface area contributed by atoms with E-state index in [4.69, 9.17) is 4.74 Å². The molecule has 118 valence electrons. The summed E-state index contributed by atoms with van der Waals surface area (Å²) in [7, 11) is 0. The Morgan fingerprint density at radius 2 is 2.24 bits per heavy atom. The van der Waals surface area contributed by atoms with Crippen LogP contribution in [0.4, 0.5) is 8.78 Å². The van der Waals surface area contributed by atoms with Crippen molar-refractivity contribution in [2.75, 3.05) is 26.2 Å². The molecule has 1 amide bonds. The molecule has 2 rings (SSSR count). The molecule has 1 aromatic rings. The molecule has 1 atom stereocenters. The zero-order valence-electron chi connectivity index (χ0n) is 11.5. The fourth-order valence-electron chi connectivity index (χ4n) is 2.14. The second-order valence-corrected chi connectivity index (χ2v) is 4.88. The predicted octanol–water partition coefficient (Wildman–Crippen LogP) is 1.88. The lowest BCUT2D eigenvalue weighted by Crippen LogP contribution is -2.39.